The number of amides is 1. The van der Waals surface area contributed by atoms with Gasteiger partial charge >= 0.3 is 0 Å². The molecule has 0 aromatic rings. The van der Waals surface area contributed by atoms with Gasteiger partial charge < -0.3 is 5.32 Å². The number of nitrogens with one attached hydrogen (secondary N) is 1. The fraction of sp³-hybridized carbons (Fsp3) is 0.875. The molecular formula is C8H16ClNO. The fourth-order valence-corrected chi connectivity index (χ4v) is 0.605. The lowest BCUT2D eigenvalue weighted by Gasteiger charge is -2.22. The summed E-state index contributed by atoms with van der Waals surface area (Å²) in [7, 11) is 0. The van der Waals surface area contributed by atoms with Crippen molar-refractivity contribution in [1.29, 1.82) is 0 Å². The normalized spacial score (nSPS) is 11.3. The first-order valence-corrected chi connectivity index (χ1v) is 4.38. The van der Waals surface area contributed by atoms with Gasteiger partial charge in [0.1, 0.15) is 5.88 Å². The third-order valence-corrected chi connectivity index (χ3v) is 2.09. The van der Waals surface area contributed by atoms with Crippen molar-refractivity contribution in [2.75, 3.05) is 12.4 Å². The van der Waals surface area contributed by atoms with Crippen LogP contribution in [0, 0.1) is 5.41 Å². The van der Waals surface area contributed by atoms with Crippen LogP contribution in [0.4, 0.5) is 0 Å². The first kappa shape index (κ1) is 10.8. The van der Waals surface area contributed by atoms with Crippen molar-refractivity contribution in [2.24, 2.45) is 5.41 Å². The van der Waals surface area contributed by atoms with Gasteiger partial charge in [-0.25, -0.2) is 0 Å². The predicted octanol–water partition coefficient (Wildman–Crippen LogP) is 1.78. The third-order valence-electron chi connectivity index (χ3n) is 1.84. The molecule has 0 atom stereocenters. The number of carbonyl (C=O) groups is 1. The zero-order chi connectivity index (χ0) is 8.91. The maximum atomic E-state index is 10.7. The van der Waals surface area contributed by atoms with E-state index in [0.29, 0.717) is 6.54 Å². The minimum atomic E-state index is -0.0896. The summed E-state index contributed by atoms with van der Waals surface area (Å²) in [5, 5.41) is 2.75. The molecule has 0 aliphatic carbocycles. The van der Waals surface area contributed by atoms with E-state index in [1.54, 1.807) is 0 Å². The van der Waals surface area contributed by atoms with Crippen LogP contribution in [0.25, 0.3) is 0 Å². The molecule has 0 aliphatic rings. The van der Waals surface area contributed by atoms with Crippen LogP contribution in [0.2, 0.25) is 0 Å². The lowest BCUT2D eigenvalue weighted by molar-refractivity contribution is -0.119. The van der Waals surface area contributed by atoms with Gasteiger partial charge in [-0.1, -0.05) is 20.8 Å². The minimum Gasteiger partial charge on any atom is -0.355 e. The number of rotatable bonds is 4. The molecular weight excluding hydrogens is 162 g/mol. The van der Waals surface area contributed by atoms with E-state index < -0.39 is 0 Å². The zero-order valence-corrected chi connectivity index (χ0v) is 8.16. The Morgan fingerprint density at radius 2 is 2.09 bits per heavy atom. The SMILES string of the molecule is CCC(C)(C)CNC(=O)CCl. The summed E-state index contributed by atoms with van der Waals surface area (Å²) >= 11 is 5.31. The number of halogens is 1. The van der Waals surface area contributed by atoms with Gasteiger partial charge in [0.25, 0.3) is 0 Å². The minimum absolute atomic E-state index is 0.0554. The van der Waals surface area contributed by atoms with Gasteiger partial charge in [-0.3, -0.25) is 4.79 Å². The van der Waals surface area contributed by atoms with Crippen LogP contribution >= 0.6 is 11.6 Å². The maximum Gasteiger partial charge on any atom is 0.234 e. The summed E-state index contributed by atoms with van der Waals surface area (Å²) in [4.78, 5) is 10.7. The Kier molecular flexibility index (Phi) is 4.50. The number of alkyl halides is 1. The second-order valence-corrected chi connectivity index (χ2v) is 3.70. The van der Waals surface area contributed by atoms with Crippen molar-refractivity contribution in [3.8, 4) is 0 Å². The Hall–Kier alpha value is -0.240. The summed E-state index contributed by atoms with van der Waals surface area (Å²) in [6.07, 6.45) is 1.05. The quantitative estimate of drug-likeness (QED) is 0.652. The van der Waals surface area contributed by atoms with Crippen LogP contribution in [0.3, 0.4) is 0 Å². The Morgan fingerprint density at radius 3 is 2.45 bits per heavy atom. The van der Waals surface area contributed by atoms with Crippen molar-refractivity contribution >= 4 is 17.5 Å². The highest BCUT2D eigenvalue weighted by Gasteiger charge is 2.15. The monoisotopic (exact) mass is 177 g/mol. The lowest BCUT2D eigenvalue weighted by atomic mass is 9.90. The smallest absolute Gasteiger partial charge is 0.234 e. The molecule has 0 aromatic heterocycles. The molecule has 0 saturated carbocycles. The van der Waals surface area contributed by atoms with Gasteiger partial charge in [-0.15, -0.1) is 11.6 Å². The summed E-state index contributed by atoms with van der Waals surface area (Å²) in [6.45, 7) is 7.03. The molecule has 1 amide bonds. The molecule has 0 radical (unpaired) electrons. The average molecular weight is 178 g/mol. The highest BCUT2D eigenvalue weighted by Crippen LogP contribution is 2.17. The van der Waals surface area contributed by atoms with E-state index in [1.165, 1.54) is 0 Å². The standard InChI is InChI=1S/C8H16ClNO/c1-4-8(2,3)6-10-7(11)5-9/h4-6H2,1-3H3,(H,10,11). The van der Waals surface area contributed by atoms with Crippen LogP contribution in [-0.2, 0) is 4.79 Å². The average Bonchev–Trinajstić information content (AvgIpc) is 2.00. The van der Waals surface area contributed by atoms with Crippen molar-refractivity contribution < 1.29 is 4.79 Å². The fourth-order valence-electron chi connectivity index (χ4n) is 0.510. The second kappa shape index (κ2) is 4.60. The Bertz CT molecular complexity index is 134. The van der Waals surface area contributed by atoms with Crippen molar-refractivity contribution in [2.45, 2.75) is 27.2 Å². The molecule has 3 heteroatoms. The predicted molar refractivity (Wildman–Crippen MR) is 47.8 cm³/mol. The number of hydrogen-bond donors (Lipinski definition) is 1. The molecule has 66 valence electrons. The van der Waals surface area contributed by atoms with Gasteiger partial charge in [-0.2, -0.15) is 0 Å². The summed E-state index contributed by atoms with van der Waals surface area (Å²) in [6, 6.07) is 0. The van der Waals surface area contributed by atoms with Crippen molar-refractivity contribution in [1.82, 2.24) is 5.32 Å². The van der Waals surface area contributed by atoms with Gasteiger partial charge in [0.05, 0.1) is 0 Å². The first-order valence-electron chi connectivity index (χ1n) is 3.84. The highest BCUT2D eigenvalue weighted by atomic mass is 35.5. The van der Waals surface area contributed by atoms with E-state index in [1.807, 2.05) is 0 Å². The summed E-state index contributed by atoms with van der Waals surface area (Å²) in [5.74, 6) is -0.0343. The van der Waals surface area contributed by atoms with E-state index in [0.717, 1.165) is 6.42 Å². The third kappa shape index (κ3) is 5.08. The van der Waals surface area contributed by atoms with Gasteiger partial charge in [0.15, 0.2) is 0 Å². The van der Waals surface area contributed by atoms with Gasteiger partial charge in [0.2, 0.25) is 5.91 Å². The molecule has 0 unspecified atom stereocenters. The molecule has 0 bridgehead atoms. The Balaban J connectivity index is 3.61. The largest absolute Gasteiger partial charge is 0.355 e. The number of hydrogen-bond acceptors (Lipinski definition) is 1. The molecule has 0 aliphatic heterocycles. The number of carbonyl (C=O) groups excluding carboxylic acids is 1. The zero-order valence-electron chi connectivity index (χ0n) is 7.41. The van der Waals surface area contributed by atoms with E-state index in [2.05, 4.69) is 26.1 Å². The first-order chi connectivity index (χ1) is 5.02. The Labute approximate surface area is 73.3 Å². The Morgan fingerprint density at radius 1 is 1.55 bits per heavy atom. The van der Waals surface area contributed by atoms with Gasteiger partial charge in [0, 0.05) is 6.54 Å². The molecule has 0 rings (SSSR count). The van der Waals surface area contributed by atoms with Crippen LogP contribution < -0.4 is 5.32 Å². The van der Waals surface area contributed by atoms with Crippen LogP contribution in [0.1, 0.15) is 27.2 Å². The topological polar surface area (TPSA) is 29.1 Å². The van der Waals surface area contributed by atoms with E-state index >= 15 is 0 Å². The van der Waals surface area contributed by atoms with Crippen LogP contribution in [-0.4, -0.2) is 18.3 Å². The van der Waals surface area contributed by atoms with Crippen LogP contribution in [0.5, 0.6) is 0 Å². The molecule has 0 saturated heterocycles. The molecule has 0 heterocycles. The maximum absolute atomic E-state index is 10.7. The van der Waals surface area contributed by atoms with E-state index in [-0.39, 0.29) is 17.2 Å². The second-order valence-electron chi connectivity index (χ2n) is 3.43. The summed E-state index contributed by atoms with van der Waals surface area (Å²) < 4.78 is 0. The van der Waals surface area contributed by atoms with Crippen LogP contribution in [0.15, 0.2) is 0 Å². The van der Waals surface area contributed by atoms with Crippen molar-refractivity contribution in [3.63, 3.8) is 0 Å². The highest BCUT2D eigenvalue weighted by molar-refractivity contribution is 6.27. The molecule has 11 heavy (non-hydrogen) atoms. The molecule has 0 spiro atoms. The van der Waals surface area contributed by atoms with Crippen molar-refractivity contribution in [3.05, 3.63) is 0 Å². The molecule has 0 aromatic carbocycles. The summed E-state index contributed by atoms with van der Waals surface area (Å²) in [5.41, 5.74) is 0.182. The molecule has 0 fully saturated rings. The van der Waals surface area contributed by atoms with E-state index in [4.69, 9.17) is 11.6 Å². The van der Waals surface area contributed by atoms with Gasteiger partial charge in [-0.05, 0) is 11.8 Å². The van der Waals surface area contributed by atoms with E-state index in [9.17, 15) is 4.79 Å². The lowest BCUT2D eigenvalue weighted by Crippen LogP contribution is -2.34. The molecule has 2 nitrogen and oxygen atoms in total. The molecule has 1 N–H and O–H groups in total.